The minimum Gasteiger partial charge on any atom is -0.477 e. The average molecular weight is 320 g/mol. The number of rotatable bonds is 6. The smallest absolute Gasteiger partial charge is 0.275 e. The molecular weight excluding hydrogens is 300 g/mol. The second-order valence-electron chi connectivity index (χ2n) is 6.65. The first-order valence-corrected chi connectivity index (χ1v) is 8.63. The second kappa shape index (κ2) is 5.66. The number of hydrogen-bond donors (Lipinski definition) is 0. The maximum absolute atomic E-state index is 5.81. The third kappa shape index (κ3) is 2.90. The molecule has 5 nitrogen and oxygen atoms in total. The van der Waals surface area contributed by atoms with E-state index in [4.69, 9.17) is 14.2 Å². The summed E-state index contributed by atoms with van der Waals surface area (Å²) in [5, 5.41) is 0.673. The highest BCUT2D eigenvalue weighted by Crippen LogP contribution is 2.32. The van der Waals surface area contributed by atoms with Gasteiger partial charge in [0.05, 0.1) is 19.8 Å². The molecule has 0 atom stereocenters. The van der Waals surface area contributed by atoms with Gasteiger partial charge in [-0.2, -0.15) is 0 Å². The van der Waals surface area contributed by atoms with E-state index in [1.165, 1.54) is 30.6 Å². The highest BCUT2D eigenvalue weighted by molar-refractivity contribution is 7.19. The number of ether oxygens (including phenoxy) is 3. The van der Waals surface area contributed by atoms with Gasteiger partial charge in [-0.1, -0.05) is 24.7 Å². The van der Waals surface area contributed by atoms with Gasteiger partial charge in [0, 0.05) is 11.5 Å². The van der Waals surface area contributed by atoms with Crippen molar-refractivity contribution in [2.45, 2.75) is 26.2 Å². The first-order valence-electron chi connectivity index (χ1n) is 7.81. The molecule has 22 heavy (non-hydrogen) atoms. The average Bonchev–Trinajstić information content (AvgIpc) is 2.83. The van der Waals surface area contributed by atoms with Crippen LogP contribution in [0.15, 0.2) is 12.1 Å². The van der Waals surface area contributed by atoms with Crippen molar-refractivity contribution in [2.24, 2.45) is 11.3 Å². The van der Waals surface area contributed by atoms with Crippen LogP contribution in [0.3, 0.4) is 0 Å². The fraction of sp³-hybridized carbons (Fsp3) is 0.625. The van der Waals surface area contributed by atoms with E-state index in [0.717, 1.165) is 30.2 Å². The molecule has 2 aromatic rings. The fourth-order valence-corrected chi connectivity index (χ4v) is 3.34. The molecule has 2 fully saturated rings. The molecule has 4 rings (SSSR count). The Bertz CT molecular complexity index is 664. The normalized spacial score (nSPS) is 20.4. The third-order valence-corrected chi connectivity index (χ3v) is 5.22. The number of hydrogen-bond acceptors (Lipinski definition) is 6. The molecule has 0 N–H and O–H groups in total. The van der Waals surface area contributed by atoms with Gasteiger partial charge in [-0.3, -0.25) is 0 Å². The lowest BCUT2D eigenvalue weighted by molar-refractivity contribution is -0.120. The van der Waals surface area contributed by atoms with Crippen LogP contribution < -0.4 is 9.47 Å². The number of thiazole rings is 1. The number of pyridine rings is 1. The molecule has 0 amide bonds. The lowest BCUT2D eigenvalue weighted by Gasteiger charge is -2.37. The largest absolute Gasteiger partial charge is 0.477 e. The highest BCUT2D eigenvalue weighted by Gasteiger charge is 2.34. The van der Waals surface area contributed by atoms with Gasteiger partial charge in [-0.05, 0) is 24.8 Å². The summed E-state index contributed by atoms with van der Waals surface area (Å²) >= 11 is 1.48. The van der Waals surface area contributed by atoms with Crippen LogP contribution in [0, 0.1) is 11.3 Å². The van der Waals surface area contributed by atoms with Gasteiger partial charge in [0.1, 0.15) is 12.1 Å². The van der Waals surface area contributed by atoms with Crippen LogP contribution >= 0.6 is 11.3 Å². The van der Waals surface area contributed by atoms with Crippen molar-refractivity contribution in [3.8, 4) is 11.1 Å². The van der Waals surface area contributed by atoms with Crippen molar-refractivity contribution in [1.29, 1.82) is 0 Å². The summed E-state index contributed by atoms with van der Waals surface area (Å²) in [5.41, 5.74) is 0.994. The molecule has 0 spiro atoms. The van der Waals surface area contributed by atoms with Crippen molar-refractivity contribution in [1.82, 2.24) is 9.97 Å². The molecule has 118 valence electrons. The Kier molecular flexibility index (Phi) is 3.66. The Balaban J connectivity index is 1.41. The SMILES string of the molecule is CC1(COc2nc3ccc(OCC4CCC4)nc3s2)COC1. The van der Waals surface area contributed by atoms with Crippen LogP contribution in [0.4, 0.5) is 0 Å². The summed E-state index contributed by atoms with van der Waals surface area (Å²) in [6, 6.07) is 3.85. The maximum Gasteiger partial charge on any atom is 0.275 e. The monoisotopic (exact) mass is 320 g/mol. The van der Waals surface area contributed by atoms with Gasteiger partial charge >= 0.3 is 0 Å². The molecular formula is C16H20N2O3S. The summed E-state index contributed by atoms with van der Waals surface area (Å²) in [7, 11) is 0. The standard InChI is InChI=1S/C16H20N2O3S/c1-16(8-19-9-16)10-21-15-17-12-5-6-13(18-14(12)22-15)20-7-11-3-2-4-11/h5-6,11H,2-4,7-10H2,1H3. The van der Waals surface area contributed by atoms with Crippen LogP contribution in [-0.2, 0) is 4.74 Å². The quantitative estimate of drug-likeness (QED) is 0.817. The van der Waals surface area contributed by atoms with Crippen LogP contribution in [-0.4, -0.2) is 36.4 Å². The zero-order valence-corrected chi connectivity index (χ0v) is 13.5. The number of fused-ring (bicyclic) bond motifs is 1. The molecule has 0 aromatic carbocycles. The Labute approximate surface area is 133 Å². The van der Waals surface area contributed by atoms with Gasteiger partial charge in [0.2, 0.25) is 5.88 Å². The van der Waals surface area contributed by atoms with E-state index in [1.54, 1.807) is 0 Å². The van der Waals surface area contributed by atoms with Gasteiger partial charge < -0.3 is 14.2 Å². The molecule has 0 radical (unpaired) electrons. The molecule has 1 saturated carbocycles. The van der Waals surface area contributed by atoms with E-state index in [1.807, 2.05) is 12.1 Å². The van der Waals surface area contributed by atoms with Crippen LogP contribution in [0.1, 0.15) is 26.2 Å². The van der Waals surface area contributed by atoms with Crippen LogP contribution in [0.5, 0.6) is 11.1 Å². The van der Waals surface area contributed by atoms with Gasteiger partial charge in [-0.15, -0.1) is 0 Å². The molecule has 1 aliphatic heterocycles. The lowest BCUT2D eigenvalue weighted by atomic mass is 9.86. The second-order valence-corrected chi connectivity index (χ2v) is 7.59. The highest BCUT2D eigenvalue weighted by atomic mass is 32.1. The Morgan fingerprint density at radius 3 is 2.82 bits per heavy atom. The zero-order valence-electron chi connectivity index (χ0n) is 12.7. The van der Waals surface area contributed by atoms with E-state index < -0.39 is 0 Å². The Hall–Kier alpha value is -1.40. The van der Waals surface area contributed by atoms with E-state index in [-0.39, 0.29) is 5.41 Å². The minimum atomic E-state index is 0.127. The van der Waals surface area contributed by atoms with Gasteiger partial charge in [0.15, 0.2) is 4.83 Å². The van der Waals surface area contributed by atoms with Crippen molar-refractivity contribution < 1.29 is 14.2 Å². The molecule has 2 aromatic heterocycles. The molecule has 0 unspecified atom stereocenters. The van der Waals surface area contributed by atoms with Crippen LogP contribution in [0.2, 0.25) is 0 Å². The van der Waals surface area contributed by atoms with Crippen molar-refractivity contribution >= 4 is 21.7 Å². The summed E-state index contributed by atoms with van der Waals surface area (Å²) in [6.45, 7) is 5.09. The van der Waals surface area contributed by atoms with E-state index in [0.29, 0.717) is 23.6 Å². The minimum absolute atomic E-state index is 0.127. The van der Waals surface area contributed by atoms with Crippen LogP contribution in [0.25, 0.3) is 10.3 Å². The molecule has 1 aliphatic carbocycles. The van der Waals surface area contributed by atoms with E-state index in [2.05, 4.69) is 16.9 Å². The topological polar surface area (TPSA) is 53.5 Å². The summed E-state index contributed by atoms with van der Waals surface area (Å²) < 4.78 is 16.8. The maximum atomic E-state index is 5.81. The summed E-state index contributed by atoms with van der Waals surface area (Å²) in [4.78, 5) is 9.88. The number of nitrogens with zero attached hydrogens (tertiary/aromatic N) is 2. The zero-order chi connectivity index (χ0) is 15.0. The first kappa shape index (κ1) is 14.2. The van der Waals surface area contributed by atoms with Crippen molar-refractivity contribution in [2.75, 3.05) is 26.4 Å². The first-order chi connectivity index (χ1) is 10.7. The predicted molar refractivity (Wildman–Crippen MR) is 84.7 cm³/mol. The van der Waals surface area contributed by atoms with E-state index in [9.17, 15) is 0 Å². The lowest BCUT2D eigenvalue weighted by Crippen LogP contribution is -2.44. The summed E-state index contributed by atoms with van der Waals surface area (Å²) in [6.07, 6.45) is 3.90. The molecule has 0 bridgehead atoms. The Morgan fingerprint density at radius 2 is 2.14 bits per heavy atom. The van der Waals surface area contributed by atoms with Gasteiger partial charge in [0.25, 0.3) is 5.19 Å². The molecule has 1 saturated heterocycles. The van der Waals surface area contributed by atoms with Gasteiger partial charge in [-0.25, -0.2) is 9.97 Å². The van der Waals surface area contributed by atoms with Crippen molar-refractivity contribution in [3.63, 3.8) is 0 Å². The predicted octanol–water partition coefficient (Wildman–Crippen LogP) is 3.29. The molecule has 6 heteroatoms. The molecule has 3 heterocycles. The third-order valence-electron chi connectivity index (χ3n) is 4.35. The van der Waals surface area contributed by atoms with E-state index >= 15 is 0 Å². The van der Waals surface area contributed by atoms with Crippen molar-refractivity contribution in [3.05, 3.63) is 12.1 Å². The fourth-order valence-electron chi connectivity index (χ4n) is 2.55. The number of aromatic nitrogens is 2. The molecule has 2 aliphatic rings. The summed E-state index contributed by atoms with van der Waals surface area (Å²) in [5.74, 6) is 1.40. The Morgan fingerprint density at radius 1 is 1.27 bits per heavy atom.